The van der Waals surface area contributed by atoms with Crippen LogP contribution in [0.15, 0.2) is 18.2 Å². The lowest BCUT2D eigenvalue weighted by atomic mass is 10.3. The molecule has 0 amide bonds. The van der Waals surface area contributed by atoms with E-state index < -0.39 is 0 Å². The zero-order valence-corrected chi connectivity index (χ0v) is 7.56. The first-order chi connectivity index (χ1) is 5.27. The minimum Gasteiger partial charge on any atom is -0.410 e. The van der Waals surface area contributed by atoms with Crippen molar-refractivity contribution in [3.8, 4) is 0 Å². The Hall–Kier alpha value is -0.850. The second kappa shape index (κ2) is 2.33. The van der Waals surface area contributed by atoms with Gasteiger partial charge in [0.05, 0.1) is 0 Å². The molecule has 1 heterocycles. The maximum absolute atomic E-state index is 9.04. The molecule has 4 nitrogen and oxygen atoms in total. The third-order valence-corrected chi connectivity index (χ3v) is 2.06. The number of rotatable bonds is 0. The fourth-order valence-electron chi connectivity index (χ4n) is 0.885. The van der Waals surface area contributed by atoms with Gasteiger partial charge in [-0.1, -0.05) is 4.85 Å². The van der Waals surface area contributed by atoms with Crippen LogP contribution in [0.4, 0.5) is 0 Å². The molecule has 2 aromatic rings. The summed E-state index contributed by atoms with van der Waals surface area (Å²) in [5, 5.41) is 16.2. The summed E-state index contributed by atoms with van der Waals surface area (Å²) in [5.41, 5.74) is 1.34. The van der Waals surface area contributed by atoms with Gasteiger partial charge in [-0.05, 0) is 46.0 Å². The average molecular weight is 261 g/mol. The molecular formula is C6H4IN3O. The first kappa shape index (κ1) is 6.84. The van der Waals surface area contributed by atoms with Crippen LogP contribution in [0.1, 0.15) is 0 Å². The Morgan fingerprint density at radius 3 is 3.09 bits per heavy atom. The Morgan fingerprint density at radius 2 is 2.27 bits per heavy atom. The number of nitrogens with zero attached hydrogens (tertiary/aromatic N) is 3. The van der Waals surface area contributed by atoms with Crippen molar-refractivity contribution in [3.63, 3.8) is 0 Å². The van der Waals surface area contributed by atoms with E-state index in [-0.39, 0.29) is 0 Å². The number of hydrogen-bond donors (Lipinski definition) is 1. The SMILES string of the molecule is On1nnc2cc(I)ccc21. The van der Waals surface area contributed by atoms with E-state index >= 15 is 0 Å². The molecule has 2 rings (SSSR count). The number of halogens is 1. The molecule has 0 spiro atoms. The Bertz CT molecular complexity index is 398. The third-order valence-electron chi connectivity index (χ3n) is 1.39. The van der Waals surface area contributed by atoms with Gasteiger partial charge in [-0.2, -0.15) is 0 Å². The van der Waals surface area contributed by atoms with Gasteiger partial charge in [0.15, 0.2) is 0 Å². The van der Waals surface area contributed by atoms with Gasteiger partial charge in [-0.25, -0.2) is 0 Å². The van der Waals surface area contributed by atoms with Crippen LogP contribution >= 0.6 is 22.6 Å². The van der Waals surface area contributed by atoms with Gasteiger partial charge in [0.2, 0.25) is 0 Å². The molecule has 1 aromatic heterocycles. The highest BCUT2D eigenvalue weighted by atomic mass is 127. The van der Waals surface area contributed by atoms with Crippen molar-refractivity contribution < 1.29 is 5.21 Å². The number of fused-ring (bicyclic) bond motifs is 1. The minimum atomic E-state index is 0.630. The maximum Gasteiger partial charge on any atom is 0.130 e. The van der Waals surface area contributed by atoms with Crippen molar-refractivity contribution in [2.24, 2.45) is 0 Å². The summed E-state index contributed by atoms with van der Waals surface area (Å²) in [6.45, 7) is 0. The molecule has 5 heteroatoms. The largest absolute Gasteiger partial charge is 0.410 e. The zero-order chi connectivity index (χ0) is 7.84. The van der Waals surface area contributed by atoms with E-state index in [1.165, 1.54) is 0 Å². The molecule has 0 fully saturated rings. The summed E-state index contributed by atoms with van der Waals surface area (Å²) >= 11 is 2.18. The van der Waals surface area contributed by atoms with E-state index in [2.05, 4.69) is 32.9 Å². The van der Waals surface area contributed by atoms with E-state index in [1.54, 1.807) is 6.07 Å². The van der Waals surface area contributed by atoms with Gasteiger partial charge in [-0.15, -0.1) is 5.10 Å². The average Bonchev–Trinajstić information content (AvgIpc) is 2.32. The second-order valence-electron chi connectivity index (χ2n) is 2.11. The quantitative estimate of drug-likeness (QED) is 0.574. The Kier molecular flexibility index (Phi) is 1.45. The maximum atomic E-state index is 9.04. The second-order valence-corrected chi connectivity index (χ2v) is 3.36. The van der Waals surface area contributed by atoms with Gasteiger partial charge in [0.25, 0.3) is 0 Å². The Balaban J connectivity index is 2.86. The van der Waals surface area contributed by atoms with Gasteiger partial charge in [0, 0.05) is 3.57 Å². The fraction of sp³-hybridized carbons (Fsp3) is 0. The molecule has 0 saturated heterocycles. The molecule has 1 aromatic carbocycles. The van der Waals surface area contributed by atoms with Gasteiger partial charge < -0.3 is 5.21 Å². The normalized spacial score (nSPS) is 10.6. The van der Waals surface area contributed by atoms with Crippen molar-refractivity contribution in [2.75, 3.05) is 0 Å². The molecule has 0 bridgehead atoms. The number of aromatic nitrogens is 3. The highest BCUT2D eigenvalue weighted by Crippen LogP contribution is 2.13. The molecule has 0 saturated carbocycles. The van der Waals surface area contributed by atoms with Gasteiger partial charge in [-0.3, -0.25) is 0 Å². The summed E-state index contributed by atoms with van der Waals surface area (Å²) < 4.78 is 1.08. The molecule has 0 unspecified atom stereocenters. The van der Waals surface area contributed by atoms with E-state index in [0.29, 0.717) is 11.0 Å². The lowest BCUT2D eigenvalue weighted by Crippen LogP contribution is -1.90. The molecule has 0 aliphatic heterocycles. The van der Waals surface area contributed by atoms with Crippen molar-refractivity contribution in [1.29, 1.82) is 0 Å². The van der Waals surface area contributed by atoms with Crippen LogP contribution in [0, 0.1) is 3.57 Å². The molecule has 1 N–H and O–H groups in total. The molecule has 11 heavy (non-hydrogen) atoms. The van der Waals surface area contributed by atoms with Crippen LogP contribution in [0.25, 0.3) is 11.0 Å². The highest BCUT2D eigenvalue weighted by molar-refractivity contribution is 14.1. The van der Waals surface area contributed by atoms with Crippen molar-refractivity contribution in [2.45, 2.75) is 0 Å². The summed E-state index contributed by atoms with van der Waals surface area (Å²) in [6.07, 6.45) is 0. The van der Waals surface area contributed by atoms with Crippen molar-refractivity contribution in [3.05, 3.63) is 21.8 Å². The number of hydrogen-bond acceptors (Lipinski definition) is 3. The topological polar surface area (TPSA) is 50.9 Å². The lowest BCUT2D eigenvalue weighted by Gasteiger charge is -1.89. The monoisotopic (exact) mass is 261 g/mol. The van der Waals surface area contributed by atoms with Crippen molar-refractivity contribution >= 4 is 33.6 Å². The fourth-order valence-corrected chi connectivity index (χ4v) is 1.36. The predicted molar refractivity (Wildman–Crippen MR) is 47.4 cm³/mol. The molecule has 0 aliphatic carbocycles. The first-order valence-electron chi connectivity index (χ1n) is 2.97. The van der Waals surface area contributed by atoms with Gasteiger partial charge in [0.1, 0.15) is 11.0 Å². The van der Waals surface area contributed by atoms with Crippen molar-refractivity contribution in [1.82, 2.24) is 15.2 Å². The summed E-state index contributed by atoms with van der Waals surface area (Å²) in [5.74, 6) is 0. The standard InChI is InChI=1S/C6H4IN3O/c7-4-1-2-6-5(3-4)8-9-10(6)11/h1-3,11H. The molecule has 0 atom stereocenters. The molecule has 0 aliphatic rings. The minimum absolute atomic E-state index is 0.630. The first-order valence-corrected chi connectivity index (χ1v) is 4.05. The zero-order valence-electron chi connectivity index (χ0n) is 5.40. The van der Waals surface area contributed by atoms with Crippen LogP contribution in [-0.4, -0.2) is 20.4 Å². The molecule has 0 radical (unpaired) electrons. The predicted octanol–water partition coefficient (Wildman–Crippen LogP) is 1.27. The van der Waals surface area contributed by atoms with Crippen LogP contribution < -0.4 is 0 Å². The van der Waals surface area contributed by atoms with E-state index in [1.807, 2.05) is 12.1 Å². The third kappa shape index (κ3) is 1.05. The summed E-state index contributed by atoms with van der Waals surface area (Å²) in [7, 11) is 0. The smallest absolute Gasteiger partial charge is 0.130 e. The van der Waals surface area contributed by atoms with Crippen LogP contribution in [-0.2, 0) is 0 Å². The molecular weight excluding hydrogens is 257 g/mol. The Morgan fingerprint density at radius 1 is 1.45 bits per heavy atom. The van der Waals surface area contributed by atoms with E-state index in [9.17, 15) is 0 Å². The van der Waals surface area contributed by atoms with E-state index in [0.717, 1.165) is 8.42 Å². The summed E-state index contributed by atoms with van der Waals surface area (Å²) in [6, 6.07) is 5.52. The highest BCUT2D eigenvalue weighted by Gasteiger charge is 2.01. The van der Waals surface area contributed by atoms with Crippen LogP contribution in [0.2, 0.25) is 0 Å². The van der Waals surface area contributed by atoms with E-state index in [4.69, 9.17) is 5.21 Å². The molecule has 56 valence electrons. The van der Waals surface area contributed by atoms with Crippen LogP contribution in [0.5, 0.6) is 0 Å². The number of benzene rings is 1. The van der Waals surface area contributed by atoms with Gasteiger partial charge >= 0.3 is 0 Å². The lowest BCUT2D eigenvalue weighted by molar-refractivity contribution is 0.155. The summed E-state index contributed by atoms with van der Waals surface area (Å²) in [4.78, 5) is 0.769. The Labute approximate surface area is 75.9 Å². The van der Waals surface area contributed by atoms with Crippen LogP contribution in [0.3, 0.4) is 0 Å².